The monoisotopic (exact) mass is 190 g/mol. The first-order chi connectivity index (χ1) is 2.24. The van der Waals surface area contributed by atoms with Crippen LogP contribution in [0.3, 0.4) is 0 Å². The van der Waals surface area contributed by atoms with Crippen LogP contribution in [0, 0.1) is 0 Å². The molecule has 0 aromatic heterocycles. The zero-order valence-electron chi connectivity index (χ0n) is 2.34. The molecule has 0 spiro atoms. The third-order valence-corrected chi connectivity index (χ3v) is 0. The molecule has 0 unspecified atom stereocenters. The summed E-state index contributed by atoms with van der Waals surface area (Å²) in [5.74, 6) is 0. The molecule has 0 saturated carbocycles. The first kappa shape index (κ1) is 7.52. The standard InChI is InChI=1S/Cl4FP/c1-6(2,3,4)5. The number of hydrogen-bond donors (Lipinski definition) is 0. The second-order valence-electron chi connectivity index (χ2n) is 0.639. The normalized spacial score (nSPS) is 19.2. The van der Waals surface area contributed by atoms with Gasteiger partial charge in [-0.3, -0.25) is 0 Å². The average Bonchev–Trinajstić information content (AvgIpc) is 0.650. The Hall–Kier alpha value is 1.52. The molecule has 0 nitrogen and oxygen atoms in total. The van der Waals surface area contributed by atoms with Crippen LogP contribution in [0.2, 0.25) is 0 Å². The summed E-state index contributed by atoms with van der Waals surface area (Å²) in [6, 6.07) is 0. The van der Waals surface area contributed by atoms with E-state index in [1.165, 1.54) is 0 Å². The summed E-state index contributed by atoms with van der Waals surface area (Å²) >= 11 is 18.2. The van der Waals surface area contributed by atoms with Crippen LogP contribution < -0.4 is 0 Å². The Labute approximate surface area is 53.7 Å². The average molecular weight is 192 g/mol. The Morgan fingerprint density at radius 3 is 1.00 bits per heavy atom. The molecular weight excluding hydrogens is 192 g/mol. The number of halogens is 5. The van der Waals surface area contributed by atoms with Crippen molar-refractivity contribution in [3.8, 4) is 0 Å². The summed E-state index contributed by atoms with van der Waals surface area (Å²) in [5.41, 5.74) is 0. The van der Waals surface area contributed by atoms with Crippen LogP contribution in [0.4, 0.5) is 4.20 Å². The van der Waals surface area contributed by atoms with E-state index in [-0.39, 0.29) is 0 Å². The molecule has 0 fully saturated rings. The molecule has 0 atom stereocenters. The molecule has 6 heteroatoms. The van der Waals surface area contributed by atoms with Crippen LogP contribution >= 0.6 is 49.3 Å². The van der Waals surface area contributed by atoms with Crippen molar-refractivity contribution < 1.29 is 4.20 Å². The van der Waals surface area contributed by atoms with E-state index in [9.17, 15) is 4.20 Å². The van der Waals surface area contributed by atoms with Crippen molar-refractivity contribution >= 4 is 49.3 Å². The summed E-state index contributed by atoms with van der Waals surface area (Å²) < 4.78 is 6.91. The third-order valence-electron chi connectivity index (χ3n) is 0. The van der Waals surface area contributed by atoms with Crippen LogP contribution in [0.15, 0.2) is 0 Å². The van der Waals surface area contributed by atoms with E-state index in [2.05, 4.69) is 45.0 Å². The van der Waals surface area contributed by atoms with E-state index in [1.54, 1.807) is 0 Å². The van der Waals surface area contributed by atoms with Crippen molar-refractivity contribution in [1.82, 2.24) is 0 Å². The van der Waals surface area contributed by atoms with Gasteiger partial charge in [0.1, 0.15) is 0 Å². The van der Waals surface area contributed by atoms with Gasteiger partial charge in [-0.05, 0) is 0 Å². The maximum absolute atomic E-state index is 11.6. The summed E-state index contributed by atoms with van der Waals surface area (Å²) in [7, 11) is 0. The molecule has 0 bridgehead atoms. The Kier molecular flexibility index (Phi) is 1.88. The zero-order valence-corrected chi connectivity index (χ0v) is 6.26. The van der Waals surface area contributed by atoms with Crippen LogP contribution in [0.5, 0.6) is 0 Å². The van der Waals surface area contributed by atoms with Crippen molar-refractivity contribution in [2.75, 3.05) is 0 Å². The van der Waals surface area contributed by atoms with Crippen molar-refractivity contribution in [2.45, 2.75) is 0 Å². The molecule has 0 N–H and O–H groups in total. The number of hydrogen-bond acceptors (Lipinski definition) is 0. The van der Waals surface area contributed by atoms with Gasteiger partial charge in [-0.25, -0.2) is 0 Å². The topological polar surface area (TPSA) is 0 Å². The number of rotatable bonds is 0. The Bertz CT molecular complexity index is 40.7. The van der Waals surface area contributed by atoms with Crippen molar-refractivity contribution in [1.29, 1.82) is 0 Å². The van der Waals surface area contributed by atoms with Gasteiger partial charge in [0.05, 0.1) is 0 Å². The second-order valence-corrected chi connectivity index (χ2v) is 12.6. The third kappa shape index (κ3) is 48.8. The van der Waals surface area contributed by atoms with E-state index in [0.29, 0.717) is 0 Å². The van der Waals surface area contributed by atoms with E-state index in [0.717, 1.165) is 0 Å². The van der Waals surface area contributed by atoms with Crippen LogP contribution in [-0.2, 0) is 0 Å². The second kappa shape index (κ2) is 1.50. The predicted octanol–water partition coefficient (Wildman–Crippen LogP) is 4.04. The molecule has 0 rings (SSSR count). The van der Waals surface area contributed by atoms with Gasteiger partial charge in [0.25, 0.3) is 0 Å². The fourth-order valence-corrected chi connectivity index (χ4v) is 0. The maximum atomic E-state index is 11.6. The molecule has 0 aromatic rings. The van der Waals surface area contributed by atoms with Gasteiger partial charge < -0.3 is 0 Å². The molecule has 0 amide bonds. The first-order valence-corrected chi connectivity index (χ1v) is 6.59. The van der Waals surface area contributed by atoms with Gasteiger partial charge in [0.2, 0.25) is 0 Å². The molecule has 0 heterocycles. The van der Waals surface area contributed by atoms with Gasteiger partial charge in [0.15, 0.2) is 0 Å². The van der Waals surface area contributed by atoms with E-state index in [1.807, 2.05) is 0 Å². The van der Waals surface area contributed by atoms with Crippen molar-refractivity contribution in [3.63, 3.8) is 0 Å². The molecule has 0 aliphatic heterocycles. The minimum absolute atomic E-state index is 4.55. The molecule has 6 heavy (non-hydrogen) atoms. The molecule has 40 valence electrons. The van der Waals surface area contributed by atoms with E-state index in [4.69, 9.17) is 0 Å². The van der Waals surface area contributed by atoms with E-state index >= 15 is 0 Å². The quantitative estimate of drug-likeness (QED) is 0.507. The first-order valence-electron chi connectivity index (χ1n) is 0.845. The Morgan fingerprint density at radius 1 is 1.00 bits per heavy atom. The fraction of sp³-hybridized carbons (Fsp3) is 0. The SMILES string of the molecule is FP(Cl)(Cl)(Cl)Cl. The molecular formula is Cl4FP. The molecule has 0 radical (unpaired) electrons. The molecule has 0 aliphatic rings. The van der Waals surface area contributed by atoms with Crippen molar-refractivity contribution in [2.24, 2.45) is 0 Å². The summed E-state index contributed by atoms with van der Waals surface area (Å²) in [6.07, 6.45) is 0. The Balaban J connectivity index is 3.73. The fourth-order valence-electron chi connectivity index (χ4n) is 0. The van der Waals surface area contributed by atoms with Crippen LogP contribution in [0.25, 0.3) is 0 Å². The summed E-state index contributed by atoms with van der Waals surface area (Å²) in [5, 5.41) is 0. The predicted molar refractivity (Wildman–Crippen MR) is 31.4 cm³/mol. The van der Waals surface area contributed by atoms with Gasteiger partial charge in [-0.2, -0.15) is 0 Å². The Morgan fingerprint density at radius 2 is 1.00 bits per heavy atom. The van der Waals surface area contributed by atoms with Crippen LogP contribution in [-0.4, -0.2) is 0 Å². The summed E-state index contributed by atoms with van der Waals surface area (Å²) in [6.45, 7) is 0. The molecule has 0 aromatic carbocycles. The zero-order chi connectivity index (χ0) is 5.45. The molecule has 0 saturated heterocycles. The van der Waals surface area contributed by atoms with Crippen molar-refractivity contribution in [3.05, 3.63) is 0 Å². The minimum atomic E-state index is -4.66. The summed E-state index contributed by atoms with van der Waals surface area (Å²) in [4.78, 5) is 0. The van der Waals surface area contributed by atoms with Gasteiger partial charge in [-0.15, -0.1) is 0 Å². The van der Waals surface area contributed by atoms with Gasteiger partial charge in [0, 0.05) is 0 Å². The van der Waals surface area contributed by atoms with E-state index < -0.39 is 4.32 Å². The van der Waals surface area contributed by atoms with Gasteiger partial charge in [-0.1, -0.05) is 0 Å². The van der Waals surface area contributed by atoms with Crippen LogP contribution in [0.1, 0.15) is 0 Å². The van der Waals surface area contributed by atoms with Gasteiger partial charge >= 0.3 is 53.5 Å². The molecule has 0 aliphatic carbocycles.